The van der Waals surface area contributed by atoms with Gasteiger partial charge in [0.15, 0.2) is 0 Å². The van der Waals surface area contributed by atoms with Crippen molar-refractivity contribution < 1.29 is 0 Å². The first kappa shape index (κ1) is 6.88. The summed E-state index contributed by atoms with van der Waals surface area (Å²) in [5, 5.41) is 0. The van der Waals surface area contributed by atoms with E-state index in [0.717, 1.165) is 18.7 Å². The maximum atomic E-state index is 5.28. The van der Waals surface area contributed by atoms with E-state index in [9.17, 15) is 0 Å². The van der Waals surface area contributed by atoms with Crippen LogP contribution in [0.15, 0.2) is 11.6 Å². The first-order valence-corrected chi connectivity index (χ1v) is 2.90. The molecule has 0 saturated carbocycles. The van der Waals surface area contributed by atoms with E-state index in [4.69, 9.17) is 15.2 Å². The topological polar surface area (TPSA) is 3.24 Å². The van der Waals surface area contributed by atoms with Crippen LogP contribution in [0.3, 0.4) is 0 Å². The van der Waals surface area contributed by atoms with Crippen molar-refractivity contribution >= 4 is 28.5 Å². The normalized spacial score (nSPS) is 19.2. The van der Waals surface area contributed by atoms with Crippen LogP contribution in [0.1, 0.15) is 0 Å². The second-order valence-corrected chi connectivity index (χ2v) is 2.02. The van der Waals surface area contributed by atoms with Crippen LogP contribution in [-0.2, 0) is 0 Å². The summed E-state index contributed by atoms with van der Waals surface area (Å²) >= 11 is 0. The zero-order valence-corrected chi connectivity index (χ0v) is 5.25. The Bertz CT molecular complexity index is 143. The van der Waals surface area contributed by atoms with Gasteiger partial charge in [-0.05, 0) is 0 Å². The van der Waals surface area contributed by atoms with E-state index in [-0.39, 0.29) is 0 Å². The Morgan fingerprint density at radius 3 is 2.89 bits per heavy atom. The van der Waals surface area contributed by atoms with Crippen LogP contribution in [0.5, 0.6) is 0 Å². The van der Waals surface area contributed by atoms with Gasteiger partial charge in [-0.25, -0.2) is 0 Å². The minimum absolute atomic E-state index is 0.854. The van der Waals surface area contributed by atoms with Gasteiger partial charge in [0.1, 0.15) is 0 Å². The Balaban J connectivity index is 2.39. The Kier molecular flexibility index (Phi) is 2.34. The SMILES string of the molecule is [B][B]N1CC=C(C=[B])C1. The Morgan fingerprint density at radius 2 is 2.56 bits per heavy atom. The fourth-order valence-corrected chi connectivity index (χ4v) is 0.832. The molecule has 1 rings (SSSR count). The fraction of sp³-hybridized carbons (Fsp3) is 0.400. The molecular weight excluding hydrogens is 106 g/mol. The third kappa shape index (κ3) is 1.58. The monoisotopic (exact) mass is 113 g/mol. The number of nitrogens with zero attached hydrogens (tertiary/aromatic N) is 1. The molecule has 0 bridgehead atoms. The van der Waals surface area contributed by atoms with E-state index in [2.05, 4.69) is 6.08 Å². The molecular formula is C5H6B3N. The van der Waals surface area contributed by atoms with Crippen molar-refractivity contribution in [2.45, 2.75) is 0 Å². The van der Waals surface area contributed by atoms with Crippen LogP contribution >= 0.6 is 0 Å². The van der Waals surface area contributed by atoms with Crippen LogP contribution in [0.4, 0.5) is 0 Å². The van der Waals surface area contributed by atoms with Crippen molar-refractivity contribution in [3.05, 3.63) is 11.6 Å². The van der Waals surface area contributed by atoms with Crippen molar-refractivity contribution in [1.82, 2.24) is 4.81 Å². The van der Waals surface area contributed by atoms with E-state index in [1.165, 1.54) is 0 Å². The molecule has 4 heteroatoms. The van der Waals surface area contributed by atoms with Gasteiger partial charge in [0.2, 0.25) is 0 Å². The standard InChI is InChI=1S/C5H6B3N/c6-3-5-1-2-9(4-5)8-7/h1,3H,2,4H2. The number of hydrogen-bond donors (Lipinski definition) is 0. The molecule has 1 aliphatic rings. The summed E-state index contributed by atoms with van der Waals surface area (Å²) in [4.78, 5) is 1.98. The second-order valence-electron chi connectivity index (χ2n) is 2.02. The van der Waals surface area contributed by atoms with Gasteiger partial charge < -0.3 is 0 Å². The van der Waals surface area contributed by atoms with Gasteiger partial charge >= 0.3 is 58.0 Å². The Morgan fingerprint density at radius 1 is 1.78 bits per heavy atom. The first-order chi connectivity index (χ1) is 4.36. The van der Waals surface area contributed by atoms with Gasteiger partial charge in [-0.15, -0.1) is 0 Å². The molecule has 0 unspecified atom stereocenters. The quantitative estimate of drug-likeness (QED) is 0.410. The average molecular weight is 113 g/mol. The van der Waals surface area contributed by atoms with E-state index < -0.39 is 0 Å². The molecule has 1 nitrogen and oxygen atoms in total. The molecule has 0 aliphatic carbocycles. The van der Waals surface area contributed by atoms with Crippen molar-refractivity contribution in [3.63, 3.8) is 0 Å². The van der Waals surface area contributed by atoms with E-state index in [1.807, 2.05) is 4.81 Å². The summed E-state index contributed by atoms with van der Waals surface area (Å²) in [6.45, 7) is 1.74. The molecule has 4 radical (unpaired) electrons. The average Bonchev–Trinajstić information content (AvgIpc) is 2.34. The Hall–Kier alpha value is -0.235. The second kappa shape index (κ2) is 3.07. The molecule has 0 aromatic carbocycles. The van der Waals surface area contributed by atoms with Crippen LogP contribution in [0.25, 0.3) is 0 Å². The number of rotatable bonds is 2. The zero-order valence-electron chi connectivity index (χ0n) is 5.25. The van der Waals surface area contributed by atoms with Crippen molar-refractivity contribution in [2.24, 2.45) is 0 Å². The first-order valence-electron chi connectivity index (χ1n) is 2.90. The van der Waals surface area contributed by atoms with Crippen LogP contribution in [0, 0.1) is 0 Å². The van der Waals surface area contributed by atoms with Gasteiger partial charge in [0, 0.05) is 0 Å². The Labute approximate surface area is 58.8 Å². The summed E-state index contributed by atoms with van der Waals surface area (Å²) in [7, 11) is 12.1. The molecule has 40 valence electrons. The van der Waals surface area contributed by atoms with E-state index >= 15 is 0 Å². The third-order valence-corrected chi connectivity index (χ3v) is 1.40. The summed E-state index contributed by atoms with van der Waals surface area (Å²) in [5.74, 6) is 1.61. The minimum atomic E-state index is 0.854. The molecule has 0 N–H and O–H groups in total. The summed E-state index contributed by atoms with van der Waals surface area (Å²) in [6.07, 6.45) is 2.06. The van der Waals surface area contributed by atoms with Gasteiger partial charge in [-0.3, -0.25) is 0 Å². The van der Waals surface area contributed by atoms with Crippen molar-refractivity contribution in [3.8, 4) is 0 Å². The molecule has 0 spiro atoms. The molecule has 0 saturated heterocycles. The van der Waals surface area contributed by atoms with Crippen LogP contribution in [0.2, 0.25) is 0 Å². The third-order valence-electron chi connectivity index (χ3n) is 1.40. The van der Waals surface area contributed by atoms with Gasteiger partial charge in [0.05, 0.1) is 0 Å². The van der Waals surface area contributed by atoms with Gasteiger partial charge in [0.25, 0.3) is 0 Å². The van der Waals surface area contributed by atoms with E-state index in [1.54, 1.807) is 13.3 Å². The molecule has 0 fully saturated rings. The molecule has 0 amide bonds. The molecule has 0 aromatic rings. The zero-order chi connectivity index (χ0) is 6.69. The molecule has 1 heterocycles. The van der Waals surface area contributed by atoms with Crippen molar-refractivity contribution in [2.75, 3.05) is 13.1 Å². The summed E-state index contributed by atoms with van der Waals surface area (Å²) in [6, 6.07) is 0. The van der Waals surface area contributed by atoms with Gasteiger partial charge in [-0.1, -0.05) is 0 Å². The van der Waals surface area contributed by atoms with Crippen LogP contribution in [-0.4, -0.2) is 46.4 Å². The molecule has 1 aliphatic heterocycles. The van der Waals surface area contributed by atoms with Gasteiger partial charge in [-0.2, -0.15) is 0 Å². The maximum absolute atomic E-state index is 5.28. The van der Waals surface area contributed by atoms with E-state index in [0.29, 0.717) is 0 Å². The predicted molar refractivity (Wildman–Crippen MR) is 43.0 cm³/mol. The summed E-state index contributed by atoms with van der Waals surface area (Å²) in [5.41, 5.74) is 1.15. The molecule has 0 atom stereocenters. The number of hydrogen-bond acceptors (Lipinski definition) is 1. The van der Waals surface area contributed by atoms with Crippen molar-refractivity contribution in [1.29, 1.82) is 0 Å². The summed E-state index contributed by atoms with van der Waals surface area (Å²) < 4.78 is 0. The molecule has 9 heavy (non-hydrogen) atoms. The van der Waals surface area contributed by atoms with Crippen LogP contribution < -0.4 is 0 Å². The molecule has 0 aromatic heterocycles. The predicted octanol–water partition coefficient (Wildman–Crippen LogP) is -1.10. The fourth-order valence-electron chi connectivity index (χ4n) is 0.832.